The quantitative estimate of drug-likeness (QED) is 0.825. The molecule has 0 bridgehead atoms. The van der Waals surface area contributed by atoms with Crippen LogP contribution in [0.4, 0.5) is 9.52 Å². The van der Waals surface area contributed by atoms with Gasteiger partial charge in [-0.05, 0) is 49.9 Å². The lowest BCUT2D eigenvalue weighted by Crippen LogP contribution is -2.38. The molecular formula is C18H19FN2O2S. The third-order valence-corrected chi connectivity index (χ3v) is 5.33. The van der Waals surface area contributed by atoms with Crippen molar-refractivity contribution in [1.29, 1.82) is 0 Å². The molecule has 1 aliphatic heterocycles. The monoisotopic (exact) mass is 346 g/mol. The molecule has 4 rings (SSSR count). The molecule has 24 heavy (non-hydrogen) atoms. The number of ether oxygens (including phenoxy) is 1. The minimum Gasteiger partial charge on any atom is -0.376 e. The number of benzene rings is 1. The van der Waals surface area contributed by atoms with Gasteiger partial charge in [-0.1, -0.05) is 0 Å². The molecule has 1 amide bonds. The summed E-state index contributed by atoms with van der Waals surface area (Å²) >= 11 is 1.46. The summed E-state index contributed by atoms with van der Waals surface area (Å²) in [6, 6.07) is 6.27. The van der Waals surface area contributed by atoms with Gasteiger partial charge in [0.15, 0.2) is 5.13 Å². The molecule has 0 spiro atoms. The topological polar surface area (TPSA) is 42.4 Å². The zero-order valence-electron chi connectivity index (χ0n) is 13.3. The number of thiazole rings is 1. The third-order valence-electron chi connectivity index (χ3n) is 4.47. The Bertz CT molecular complexity index is 721. The Morgan fingerprint density at radius 2 is 2.08 bits per heavy atom. The molecule has 0 radical (unpaired) electrons. The van der Waals surface area contributed by atoms with Crippen molar-refractivity contribution < 1.29 is 13.9 Å². The molecule has 2 fully saturated rings. The Kier molecular flexibility index (Phi) is 4.33. The summed E-state index contributed by atoms with van der Waals surface area (Å²) in [4.78, 5) is 19.1. The first-order chi connectivity index (χ1) is 11.7. The maximum absolute atomic E-state index is 13.1. The van der Waals surface area contributed by atoms with E-state index in [1.807, 2.05) is 5.38 Å². The van der Waals surface area contributed by atoms with E-state index in [4.69, 9.17) is 4.74 Å². The van der Waals surface area contributed by atoms with Gasteiger partial charge in [0.2, 0.25) is 5.91 Å². The van der Waals surface area contributed by atoms with Crippen molar-refractivity contribution in [1.82, 2.24) is 4.98 Å². The van der Waals surface area contributed by atoms with E-state index in [0.29, 0.717) is 11.7 Å². The fourth-order valence-electron chi connectivity index (χ4n) is 2.95. The second kappa shape index (κ2) is 6.61. The van der Waals surface area contributed by atoms with Crippen LogP contribution in [-0.4, -0.2) is 30.1 Å². The van der Waals surface area contributed by atoms with Crippen LogP contribution in [0.25, 0.3) is 11.3 Å². The van der Waals surface area contributed by atoms with Crippen LogP contribution in [0.5, 0.6) is 0 Å². The molecule has 1 aliphatic carbocycles. The molecule has 2 aromatic rings. The second-order valence-corrected chi connectivity index (χ2v) is 7.22. The number of aromatic nitrogens is 1. The van der Waals surface area contributed by atoms with Crippen LogP contribution in [0.15, 0.2) is 29.6 Å². The van der Waals surface area contributed by atoms with Gasteiger partial charge in [-0.25, -0.2) is 9.37 Å². The van der Waals surface area contributed by atoms with Gasteiger partial charge in [0.1, 0.15) is 5.82 Å². The summed E-state index contributed by atoms with van der Waals surface area (Å²) in [5, 5.41) is 2.63. The summed E-state index contributed by atoms with van der Waals surface area (Å²) in [6.07, 6.45) is 4.08. The van der Waals surface area contributed by atoms with Gasteiger partial charge < -0.3 is 4.74 Å². The molecule has 0 unspecified atom stereocenters. The largest absolute Gasteiger partial charge is 0.376 e. The van der Waals surface area contributed by atoms with Crippen molar-refractivity contribution in [3.05, 3.63) is 35.5 Å². The van der Waals surface area contributed by atoms with Gasteiger partial charge in [-0.15, -0.1) is 11.3 Å². The number of halogens is 1. The predicted octanol–water partition coefficient (Wildman–Crippen LogP) is 3.87. The van der Waals surface area contributed by atoms with Crippen LogP contribution in [0.1, 0.15) is 25.7 Å². The lowest BCUT2D eigenvalue weighted by Gasteiger charge is -2.23. The minimum atomic E-state index is -0.266. The van der Waals surface area contributed by atoms with E-state index in [2.05, 4.69) is 4.98 Å². The molecule has 1 saturated carbocycles. The zero-order valence-corrected chi connectivity index (χ0v) is 14.1. The highest BCUT2D eigenvalue weighted by molar-refractivity contribution is 7.14. The van der Waals surface area contributed by atoms with Gasteiger partial charge in [0, 0.05) is 23.5 Å². The average Bonchev–Trinajstić information content (AvgIpc) is 3.10. The van der Waals surface area contributed by atoms with E-state index < -0.39 is 0 Å². The molecule has 126 valence electrons. The van der Waals surface area contributed by atoms with Crippen LogP contribution in [0.3, 0.4) is 0 Å². The SMILES string of the molecule is O=C(C1CC1)N(C[C@@H]1CCCO1)c1nc(-c2ccc(F)cc2)cs1. The van der Waals surface area contributed by atoms with Crippen molar-refractivity contribution in [2.75, 3.05) is 18.1 Å². The summed E-state index contributed by atoms with van der Waals surface area (Å²) in [7, 11) is 0. The number of amides is 1. The molecular weight excluding hydrogens is 327 g/mol. The second-order valence-electron chi connectivity index (χ2n) is 6.38. The number of anilines is 1. The van der Waals surface area contributed by atoms with E-state index in [-0.39, 0.29) is 23.7 Å². The van der Waals surface area contributed by atoms with Crippen LogP contribution in [0, 0.1) is 11.7 Å². The fourth-order valence-corrected chi connectivity index (χ4v) is 3.80. The first kappa shape index (κ1) is 15.7. The van der Waals surface area contributed by atoms with Gasteiger partial charge in [0.05, 0.1) is 18.3 Å². The first-order valence-corrected chi connectivity index (χ1v) is 9.23. The summed E-state index contributed by atoms with van der Waals surface area (Å²) < 4.78 is 18.8. The minimum absolute atomic E-state index is 0.103. The predicted molar refractivity (Wildman–Crippen MR) is 91.6 cm³/mol. The Labute approximate surface area is 144 Å². The molecule has 4 nitrogen and oxygen atoms in total. The van der Waals surface area contributed by atoms with Crippen LogP contribution >= 0.6 is 11.3 Å². The summed E-state index contributed by atoms with van der Waals surface area (Å²) in [6.45, 7) is 1.35. The van der Waals surface area contributed by atoms with Crippen molar-refractivity contribution in [3.8, 4) is 11.3 Å². The van der Waals surface area contributed by atoms with Crippen LogP contribution < -0.4 is 4.90 Å². The standard InChI is InChI=1S/C18H19FN2O2S/c19-14-7-5-12(6-8-14)16-11-24-18(20-16)21(17(22)13-3-4-13)10-15-2-1-9-23-15/h5-8,11,13,15H,1-4,9-10H2/t15-/m0/s1. The lowest BCUT2D eigenvalue weighted by molar-refractivity contribution is -0.120. The van der Waals surface area contributed by atoms with Crippen molar-refractivity contribution in [3.63, 3.8) is 0 Å². The van der Waals surface area contributed by atoms with E-state index in [9.17, 15) is 9.18 Å². The Morgan fingerprint density at radius 1 is 1.29 bits per heavy atom. The van der Waals surface area contributed by atoms with Gasteiger partial charge in [-0.2, -0.15) is 0 Å². The molecule has 1 aromatic heterocycles. The van der Waals surface area contributed by atoms with E-state index in [1.54, 1.807) is 17.0 Å². The number of nitrogens with zero attached hydrogens (tertiary/aromatic N) is 2. The normalized spacial score (nSPS) is 20.3. The summed E-state index contributed by atoms with van der Waals surface area (Å²) in [5.41, 5.74) is 1.63. The Balaban J connectivity index is 1.57. The number of carbonyl (C=O) groups is 1. The van der Waals surface area contributed by atoms with E-state index >= 15 is 0 Å². The van der Waals surface area contributed by atoms with Crippen molar-refractivity contribution in [2.45, 2.75) is 31.8 Å². The summed E-state index contributed by atoms with van der Waals surface area (Å²) in [5.74, 6) is 0.0354. The highest BCUT2D eigenvalue weighted by atomic mass is 32.1. The molecule has 1 aromatic carbocycles. The van der Waals surface area contributed by atoms with Crippen LogP contribution in [-0.2, 0) is 9.53 Å². The molecule has 1 atom stereocenters. The number of carbonyl (C=O) groups excluding carboxylic acids is 1. The van der Waals surface area contributed by atoms with Gasteiger partial charge in [-0.3, -0.25) is 9.69 Å². The maximum Gasteiger partial charge on any atom is 0.231 e. The van der Waals surface area contributed by atoms with Gasteiger partial charge >= 0.3 is 0 Å². The highest BCUT2D eigenvalue weighted by Crippen LogP contribution is 2.35. The zero-order chi connectivity index (χ0) is 16.5. The maximum atomic E-state index is 13.1. The first-order valence-electron chi connectivity index (χ1n) is 8.35. The number of hydrogen-bond donors (Lipinski definition) is 0. The number of hydrogen-bond acceptors (Lipinski definition) is 4. The Hall–Kier alpha value is -1.79. The highest BCUT2D eigenvalue weighted by Gasteiger charge is 2.36. The average molecular weight is 346 g/mol. The molecule has 1 saturated heterocycles. The van der Waals surface area contributed by atoms with E-state index in [1.165, 1.54) is 23.5 Å². The smallest absolute Gasteiger partial charge is 0.231 e. The molecule has 6 heteroatoms. The van der Waals surface area contributed by atoms with Gasteiger partial charge in [0.25, 0.3) is 0 Å². The molecule has 0 N–H and O–H groups in total. The lowest BCUT2D eigenvalue weighted by atomic mass is 10.2. The fraction of sp³-hybridized carbons (Fsp3) is 0.444. The Morgan fingerprint density at radius 3 is 2.75 bits per heavy atom. The van der Waals surface area contributed by atoms with Crippen molar-refractivity contribution in [2.24, 2.45) is 5.92 Å². The number of rotatable bonds is 5. The third kappa shape index (κ3) is 3.35. The van der Waals surface area contributed by atoms with Crippen molar-refractivity contribution >= 4 is 22.4 Å². The van der Waals surface area contributed by atoms with Crippen LogP contribution in [0.2, 0.25) is 0 Å². The molecule has 2 heterocycles. The molecule has 2 aliphatic rings. The van der Waals surface area contributed by atoms with E-state index in [0.717, 1.165) is 43.5 Å².